The lowest BCUT2D eigenvalue weighted by atomic mass is 10.1. The van der Waals surface area contributed by atoms with Crippen LogP contribution in [0.15, 0.2) is 79.6 Å². The maximum Gasteiger partial charge on any atom is 0.162 e. The summed E-state index contributed by atoms with van der Waals surface area (Å²) in [5.41, 5.74) is 7.01. The molecule has 0 spiro atoms. The first-order valence-corrected chi connectivity index (χ1v) is 9.64. The van der Waals surface area contributed by atoms with Crippen LogP contribution in [-0.2, 0) is 11.4 Å². The molecule has 0 saturated carbocycles. The first kappa shape index (κ1) is 20.2. The molecule has 0 aliphatic carbocycles. The van der Waals surface area contributed by atoms with E-state index in [-0.39, 0.29) is 5.75 Å². The van der Waals surface area contributed by atoms with Gasteiger partial charge in [0.05, 0.1) is 24.9 Å². The van der Waals surface area contributed by atoms with Crippen molar-refractivity contribution in [1.82, 2.24) is 15.4 Å². The number of hydrogen-bond donors (Lipinski definition) is 3. The number of methoxy groups -OCH3 is 1. The molecular weight excluding hydrogens is 392 g/mol. The second kappa shape index (κ2) is 9.15. The lowest BCUT2D eigenvalue weighted by Gasteiger charge is -2.12. The maximum atomic E-state index is 10.1. The van der Waals surface area contributed by atoms with Gasteiger partial charge in [-0.2, -0.15) is 0 Å². The Morgan fingerprint density at radius 1 is 1.03 bits per heavy atom. The van der Waals surface area contributed by atoms with Gasteiger partial charge in [0.1, 0.15) is 12.1 Å². The van der Waals surface area contributed by atoms with E-state index in [9.17, 15) is 5.11 Å². The molecule has 1 heterocycles. The predicted molar refractivity (Wildman–Crippen MR) is 121 cm³/mol. The normalized spacial score (nSPS) is 10.6. The minimum atomic E-state index is 0.0288. The molecule has 0 atom stereocenters. The third kappa shape index (κ3) is 4.73. The fourth-order valence-corrected chi connectivity index (χ4v) is 3.07. The van der Waals surface area contributed by atoms with Gasteiger partial charge in [-0.3, -0.25) is 10.3 Å². The van der Waals surface area contributed by atoms with Crippen LogP contribution in [0.4, 0.5) is 11.5 Å². The molecule has 0 bridgehead atoms. The molecule has 3 N–H and O–H groups in total. The van der Waals surface area contributed by atoms with Crippen molar-refractivity contribution in [3.05, 3.63) is 90.8 Å². The van der Waals surface area contributed by atoms with Crippen molar-refractivity contribution >= 4 is 28.1 Å². The summed E-state index contributed by atoms with van der Waals surface area (Å²) in [7, 11) is 1.50. The molecule has 7 nitrogen and oxygen atoms in total. The lowest BCUT2D eigenvalue weighted by molar-refractivity contribution is 0.0648. The number of hydrogen-bond acceptors (Lipinski definition) is 7. The zero-order valence-electron chi connectivity index (χ0n) is 17.0. The number of phenols is 1. The van der Waals surface area contributed by atoms with E-state index in [4.69, 9.17) is 9.57 Å². The number of nitrogens with one attached hydrogen (secondary N) is 2. The summed E-state index contributed by atoms with van der Waals surface area (Å²) in [5.74, 6) is 0.974. The number of aromatic hydroxyl groups is 1. The second-order valence-electron chi connectivity index (χ2n) is 6.82. The third-order valence-corrected chi connectivity index (χ3v) is 4.71. The highest BCUT2D eigenvalue weighted by molar-refractivity contribution is 5.93. The van der Waals surface area contributed by atoms with Crippen molar-refractivity contribution in [2.75, 3.05) is 12.4 Å². The van der Waals surface area contributed by atoms with Crippen LogP contribution in [-0.4, -0.2) is 22.2 Å². The van der Waals surface area contributed by atoms with E-state index in [0.717, 1.165) is 16.8 Å². The average Bonchev–Trinajstić information content (AvgIpc) is 2.80. The van der Waals surface area contributed by atoms with E-state index in [0.29, 0.717) is 34.8 Å². The Labute approximate surface area is 180 Å². The summed E-state index contributed by atoms with van der Waals surface area (Å²) >= 11 is 0. The Morgan fingerprint density at radius 3 is 2.55 bits per heavy atom. The van der Waals surface area contributed by atoms with Crippen molar-refractivity contribution in [3.8, 4) is 11.5 Å². The van der Waals surface area contributed by atoms with Gasteiger partial charge in [0.15, 0.2) is 11.5 Å². The molecule has 0 amide bonds. The minimum absolute atomic E-state index is 0.0288. The average molecular weight is 414 g/mol. The molecule has 0 aliphatic rings. The van der Waals surface area contributed by atoms with Crippen molar-refractivity contribution in [2.45, 2.75) is 6.61 Å². The van der Waals surface area contributed by atoms with Crippen LogP contribution in [0, 0.1) is 0 Å². The monoisotopic (exact) mass is 414 g/mol. The van der Waals surface area contributed by atoms with Crippen LogP contribution in [0.5, 0.6) is 11.5 Å². The largest absolute Gasteiger partial charge is 0.504 e. The van der Waals surface area contributed by atoms with Crippen molar-refractivity contribution in [1.29, 1.82) is 0 Å². The quantitative estimate of drug-likeness (QED) is 0.358. The molecule has 7 heteroatoms. The van der Waals surface area contributed by atoms with Gasteiger partial charge in [-0.05, 0) is 29.3 Å². The molecule has 156 valence electrons. The van der Waals surface area contributed by atoms with Crippen molar-refractivity contribution in [2.24, 2.45) is 0 Å². The van der Waals surface area contributed by atoms with E-state index in [1.54, 1.807) is 12.1 Å². The van der Waals surface area contributed by atoms with Gasteiger partial charge in [0.2, 0.25) is 0 Å². The molecule has 31 heavy (non-hydrogen) atoms. The second-order valence-corrected chi connectivity index (χ2v) is 6.82. The number of nitrogens with zero attached hydrogens (tertiary/aromatic N) is 2. The topological polar surface area (TPSA) is 88.5 Å². The smallest absolute Gasteiger partial charge is 0.162 e. The molecule has 4 aromatic rings. The highest BCUT2D eigenvalue weighted by Crippen LogP contribution is 2.33. The highest BCUT2D eigenvalue weighted by atomic mass is 16.6. The molecule has 0 radical (unpaired) electrons. The number of ether oxygens (including phenoxy) is 1. The third-order valence-electron chi connectivity index (χ3n) is 4.71. The SMILES string of the molecule is C=C(NOCc1ccccc1)c1ccc(Nc2ncnc3cc(OC)c(O)cc23)cc1. The minimum Gasteiger partial charge on any atom is -0.504 e. The fraction of sp³-hybridized carbons (Fsp3) is 0.0833. The van der Waals surface area contributed by atoms with Crippen LogP contribution >= 0.6 is 0 Å². The molecule has 4 rings (SSSR count). The number of aromatic nitrogens is 2. The van der Waals surface area contributed by atoms with Crippen LogP contribution < -0.4 is 15.5 Å². The van der Waals surface area contributed by atoms with Gasteiger partial charge in [0.25, 0.3) is 0 Å². The fourth-order valence-electron chi connectivity index (χ4n) is 3.07. The first-order valence-electron chi connectivity index (χ1n) is 9.64. The van der Waals surface area contributed by atoms with Crippen molar-refractivity contribution in [3.63, 3.8) is 0 Å². The summed E-state index contributed by atoms with van der Waals surface area (Å²) in [4.78, 5) is 14.1. The van der Waals surface area contributed by atoms with E-state index < -0.39 is 0 Å². The van der Waals surface area contributed by atoms with Crippen molar-refractivity contribution < 1.29 is 14.7 Å². The summed E-state index contributed by atoms with van der Waals surface area (Å²) < 4.78 is 5.14. The van der Waals surface area contributed by atoms with Crippen LogP contribution in [0.1, 0.15) is 11.1 Å². The van der Waals surface area contributed by atoms with Gasteiger partial charge >= 0.3 is 0 Å². The lowest BCUT2D eigenvalue weighted by Crippen LogP contribution is -2.12. The van der Waals surface area contributed by atoms with Crippen LogP contribution in [0.2, 0.25) is 0 Å². The zero-order valence-corrected chi connectivity index (χ0v) is 17.0. The summed E-state index contributed by atoms with van der Waals surface area (Å²) in [6.07, 6.45) is 1.46. The number of benzene rings is 3. The van der Waals surface area contributed by atoms with Gasteiger partial charge in [-0.25, -0.2) is 9.97 Å². The Hall–Kier alpha value is -4.10. The Balaban J connectivity index is 1.43. The molecular formula is C24H22N4O3. The summed E-state index contributed by atoms with van der Waals surface area (Å²) in [5, 5.41) is 14.0. The molecule has 0 aliphatic heterocycles. The first-order chi connectivity index (χ1) is 15.1. The molecule has 1 aromatic heterocycles. The van der Waals surface area contributed by atoms with E-state index >= 15 is 0 Å². The Morgan fingerprint density at radius 2 is 1.81 bits per heavy atom. The summed E-state index contributed by atoms with van der Waals surface area (Å²) in [6, 6.07) is 20.8. The van der Waals surface area contributed by atoms with Crippen LogP contribution in [0.25, 0.3) is 16.6 Å². The van der Waals surface area contributed by atoms with E-state index in [2.05, 4.69) is 27.3 Å². The number of rotatable bonds is 8. The maximum absolute atomic E-state index is 10.1. The Bertz CT molecular complexity index is 1190. The number of fused-ring (bicyclic) bond motifs is 1. The Kier molecular flexibility index (Phi) is 5.96. The van der Waals surface area contributed by atoms with Crippen LogP contribution in [0.3, 0.4) is 0 Å². The van der Waals surface area contributed by atoms with Gasteiger partial charge in [-0.1, -0.05) is 49.0 Å². The zero-order chi connectivity index (χ0) is 21.6. The number of hydroxylamine groups is 1. The molecule has 3 aromatic carbocycles. The number of anilines is 2. The highest BCUT2D eigenvalue weighted by Gasteiger charge is 2.10. The number of phenolic OH excluding ortho intramolecular Hbond substituents is 1. The van der Waals surface area contributed by atoms with Gasteiger partial charge < -0.3 is 15.2 Å². The molecule has 0 fully saturated rings. The van der Waals surface area contributed by atoms with Gasteiger partial charge in [-0.15, -0.1) is 0 Å². The standard InChI is InChI=1S/C24H22N4O3/c1-16(28-31-14-17-6-4-3-5-7-17)18-8-10-19(11-9-18)27-24-20-12-22(29)23(30-2)13-21(20)25-15-26-24/h3-13,15,28-29H,1,14H2,2H3,(H,25,26,27). The summed E-state index contributed by atoms with van der Waals surface area (Å²) in [6.45, 7) is 4.46. The van der Waals surface area contributed by atoms with E-state index in [1.807, 2.05) is 54.6 Å². The molecule has 0 unspecified atom stereocenters. The van der Waals surface area contributed by atoms with E-state index in [1.165, 1.54) is 13.4 Å². The predicted octanol–water partition coefficient (Wildman–Crippen LogP) is 4.78. The molecule has 0 saturated heterocycles. The van der Waals surface area contributed by atoms with Gasteiger partial charge in [0, 0.05) is 17.1 Å².